The first-order valence-corrected chi connectivity index (χ1v) is 1.99. The monoisotopic (exact) mass is 262 g/mol. The molecule has 1 nitrogen and oxygen atoms in total. The fourth-order valence-corrected chi connectivity index (χ4v) is 0.204. The van der Waals surface area contributed by atoms with E-state index in [1.165, 1.54) is 0 Å². The molecule has 0 bridgehead atoms. The minimum Gasteiger partial charge on any atom is -1.00 e. The van der Waals surface area contributed by atoms with Crippen LogP contribution in [0.3, 0.4) is 0 Å². The summed E-state index contributed by atoms with van der Waals surface area (Å²) < 4.78 is 4.83. The van der Waals surface area contributed by atoms with E-state index < -0.39 is 0 Å². The summed E-state index contributed by atoms with van der Waals surface area (Å²) in [4.78, 5) is 0. The van der Waals surface area contributed by atoms with Gasteiger partial charge in [-0.15, -0.1) is 0 Å². The van der Waals surface area contributed by atoms with Crippen LogP contribution in [0.2, 0.25) is 0 Å². The number of hydrogen-bond acceptors (Lipinski definition) is 1. The van der Waals surface area contributed by atoms with Gasteiger partial charge in [0, 0.05) is 13.2 Å². The molecule has 0 amide bonds. The van der Waals surface area contributed by atoms with E-state index >= 15 is 0 Å². The Morgan fingerprint density at radius 1 is 0.800 bits per heavy atom. The molecule has 10 heavy (non-hydrogen) atoms. The van der Waals surface area contributed by atoms with E-state index in [2.05, 4.69) is 0 Å². The first-order chi connectivity index (χ1) is 2.41. The van der Waals surface area contributed by atoms with Crippen molar-refractivity contribution in [2.24, 2.45) is 0 Å². The van der Waals surface area contributed by atoms with Crippen LogP contribution in [0.15, 0.2) is 0 Å². The van der Waals surface area contributed by atoms with Gasteiger partial charge in [-0.25, -0.2) is 0 Å². The molecule has 0 rings (SSSR count). The van der Waals surface area contributed by atoms with Crippen LogP contribution < -0.4 is 49.6 Å². The van der Waals surface area contributed by atoms with Gasteiger partial charge in [-0.2, -0.15) is 0 Å². The van der Waals surface area contributed by atoms with Crippen LogP contribution in [0, 0.1) is 0 Å². The van der Waals surface area contributed by atoms with Crippen molar-refractivity contribution in [3.05, 3.63) is 0 Å². The normalized spacial score (nSPS) is 4.20. The second-order valence-corrected chi connectivity index (χ2v) is 0.781. The molecule has 0 fully saturated rings. The number of halogens is 4. The van der Waals surface area contributed by atoms with Crippen molar-refractivity contribution in [1.82, 2.24) is 0 Å². The molecule has 0 aliphatic heterocycles. The predicted octanol–water partition coefficient (Wildman–Crippen LogP) is -10.9. The Morgan fingerprint density at radius 3 is 1.00 bits per heavy atom. The van der Waals surface area contributed by atoms with Gasteiger partial charge < -0.3 is 54.4 Å². The van der Waals surface area contributed by atoms with Crippen LogP contribution in [-0.4, -0.2) is 13.2 Å². The Balaban J connectivity index is -0.00000000800. The van der Waals surface area contributed by atoms with E-state index in [0.29, 0.717) is 0 Å². The molecule has 0 radical (unpaired) electrons. The Morgan fingerprint density at radius 2 is 1.00 bits per heavy atom. The summed E-state index contributed by atoms with van der Waals surface area (Å²) in [7, 11) is 0. The van der Waals surface area contributed by atoms with Crippen molar-refractivity contribution < 1.29 is 76.1 Å². The van der Waals surface area contributed by atoms with Gasteiger partial charge in [0.25, 0.3) is 0 Å². The maximum absolute atomic E-state index is 4.83. The molecule has 0 unspecified atom stereocenters. The van der Waals surface area contributed by atoms with E-state index in [9.17, 15) is 0 Å². The molecule has 0 aromatic heterocycles. The second kappa shape index (κ2) is 44.8. The summed E-state index contributed by atoms with van der Waals surface area (Å²) in [5.41, 5.74) is 0. The topological polar surface area (TPSA) is 9.23 Å². The van der Waals surface area contributed by atoms with E-state index in [1.807, 2.05) is 13.8 Å². The Labute approximate surface area is 103 Å². The molecule has 6 heteroatoms. The Hall–Kier alpha value is 1.83. The average molecular weight is 264 g/mol. The van der Waals surface area contributed by atoms with Gasteiger partial charge in [-0.3, -0.25) is 0 Å². The molecule has 0 saturated heterocycles. The summed E-state index contributed by atoms with van der Waals surface area (Å²) in [6.45, 7) is 5.67. The Bertz CT molecular complexity index is 24.7. The van der Waals surface area contributed by atoms with Gasteiger partial charge in [0.05, 0.1) is 0 Å². The molecule has 0 aliphatic rings. The van der Waals surface area contributed by atoms with E-state index in [1.54, 1.807) is 0 Å². The van der Waals surface area contributed by atoms with Crippen molar-refractivity contribution >= 4 is 0 Å². The molecule has 0 saturated carbocycles. The minimum atomic E-state index is 0. The van der Waals surface area contributed by atoms with Crippen LogP contribution in [0.5, 0.6) is 0 Å². The Kier molecular flexibility index (Phi) is 183. The maximum Gasteiger partial charge on any atom is 4.00 e. The van der Waals surface area contributed by atoms with Crippen molar-refractivity contribution in [1.29, 1.82) is 0 Å². The van der Waals surface area contributed by atoms with Gasteiger partial charge in [0.1, 0.15) is 0 Å². The summed E-state index contributed by atoms with van der Waals surface area (Å²) in [5.74, 6) is 0. The standard InChI is InChI=1S/C4H10O.4ClH.Ti/c1-3-5-4-2;;;;;/h3-4H2,1-2H3;4*1H;/q;;;;;+4/p-4. The summed E-state index contributed by atoms with van der Waals surface area (Å²) in [5, 5.41) is 0. The minimum absolute atomic E-state index is 0. The van der Waals surface area contributed by atoms with Gasteiger partial charge in [-0.05, 0) is 13.8 Å². The first kappa shape index (κ1) is 40.8. The SMILES string of the molecule is CCOCC.[Cl-].[Cl-].[Cl-].[Cl-].[Ti+4]. The molecule has 0 aromatic rings. The molecule has 0 aromatic carbocycles. The smallest absolute Gasteiger partial charge is 1.00 e. The van der Waals surface area contributed by atoms with Gasteiger partial charge in [-0.1, -0.05) is 0 Å². The van der Waals surface area contributed by atoms with Crippen LogP contribution in [0.1, 0.15) is 13.8 Å². The molecule has 0 aliphatic carbocycles. The number of hydrogen-bond donors (Lipinski definition) is 0. The fourth-order valence-electron chi connectivity index (χ4n) is 0.204. The van der Waals surface area contributed by atoms with Crippen LogP contribution in [0.25, 0.3) is 0 Å². The van der Waals surface area contributed by atoms with E-state index in [4.69, 9.17) is 4.74 Å². The second-order valence-electron chi connectivity index (χ2n) is 0.781. The van der Waals surface area contributed by atoms with Crippen LogP contribution >= 0.6 is 0 Å². The molecular formula is C4H10Cl4OTi. The molecule has 64 valence electrons. The quantitative estimate of drug-likeness (QED) is 0.450. The van der Waals surface area contributed by atoms with Crippen molar-refractivity contribution in [2.75, 3.05) is 13.2 Å². The van der Waals surface area contributed by atoms with Crippen molar-refractivity contribution in [2.45, 2.75) is 13.8 Å². The zero-order chi connectivity index (χ0) is 4.12. The zero-order valence-corrected chi connectivity index (χ0v) is 10.4. The van der Waals surface area contributed by atoms with E-state index in [0.717, 1.165) is 13.2 Å². The third-order valence-electron chi connectivity index (χ3n) is 0.408. The molecule has 0 heterocycles. The molecule has 0 spiro atoms. The van der Waals surface area contributed by atoms with Crippen LogP contribution in [0.4, 0.5) is 0 Å². The molecule has 0 atom stereocenters. The van der Waals surface area contributed by atoms with E-state index in [-0.39, 0.29) is 71.3 Å². The number of rotatable bonds is 2. The maximum atomic E-state index is 4.83. The third-order valence-corrected chi connectivity index (χ3v) is 0.408. The van der Waals surface area contributed by atoms with Crippen molar-refractivity contribution in [3.8, 4) is 0 Å². The van der Waals surface area contributed by atoms with Crippen molar-refractivity contribution in [3.63, 3.8) is 0 Å². The van der Waals surface area contributed by atoms with Gasteiger partial charge in [0.15, 0.2) is 0 Å². The zero-order valence-electron chi connectivity index (χ0n) is 5.83. The summed E-state index contributed by atoms with van der Waals surface area (Å²) in [6, 6.07) is 0. The largest absolute Gasteiger partial charge is 4.00 e. The summed E-state index contributed by atoms with van der Waals surface area (Å²) in [6.07, 6.45) is 0. The van der Waals surface area contributed by atoms with Crippen LogP contribution in [-0.2, 0) is 26.5 Å². The third kappa shape index (κ3) is 52.2. The van der Waals surface area contributed by atoms with Gasteiger partial charge >= 0.3 is 21.7 Å². The average Bonchev–Trinajstić information content (AvgIpc) is 1.41. The van der Waals surface area contributed by atoms with Gasteiger partial charge in [0.2, 0.25) is 0 Å². The fraction of sp³-hybridized carbons (Fsp3) is 1.00. The predicted molar refractivity (Wildman–Crippen MR) is 22.2 cm³/mol. The molecule has 0 N–H and O–H groups in total. The number of ether oxygens (including phenoxy) is 1. The first-order valence-electron chi connectivity index (χ1n) is 1.99. The summed E-state index contributed by atoms with van der Waals surface area (Å²) >= 11 is 0. The molecular weight excluding hydrogens is 254 g/mol.